The number of hydrogen-bond donors (Lipinski definition) is 1. The van der Waals surface area contributed by atoms with Gasteiger partial charge >= 0.3 is 0 Å². The molecule has 0 aliphatic heterocycles. The first-order chi connectivity index (χ1) is 13.8. The second-order valence-electron chi connectivity index (χ2n) is 6.15. The highest BCUT2D eigenvalue weighted by atomic mass is 35.5. The van der Waals surface area contributed by atoms with Gasteiger partial charge in [-0.1, -0.05) is 28.9 Å². The number of anilines is 1. The fourth-order valence-electron chi connectivity index (χ4n) is 2.59. The molecule has 10 heteroatoms. The molecule has 0 saturated carbocycles. The lowest BCUT2D eigenvalue weighted by molar-refractivity contribution is 0.432. The van der Waals surface area contributed by atoms with Crippen LogP contribution in [0.2, 0.25) is 5.02 Å². The highest BCUT2D eigenvalue weighted by Crippen LogP contribution is 2.31. The van der Waals surface area contributed by atoms with E-state index in [-0.39, 0.29) is 15.9 Å². The summed E-state index contributed by atoms with van der Waals surface area (Å²) in [6, 6.07) is 12.1. The molecule has 0 amide bonds. The SMILES string of the molecule is Cc1cc(Cl)ccc1NS(=O)(=O)c1cc(-c2nc(-c3cccc(F)c3)no2)cs1. The Morgan fingerprint density at radius 2 is 1.97 bits per heavy atom. The van der Waals surface area contributed by atoms with E-state index in [9.17, 15) is 12.8 Å². The van der Waals surface area contributed by atoms with Gasteiger partial charge in [0.05, 0.1) is 11.3 Å². The van der Waals surface area contributed by atoms with Gasteiger partial charge in [0.15, 0.2) is 0 Å². The minimum atomic E-state index is -3.80. The fourth-order valence-corrected chi connectivity index (χ4v) is 5.10. The number of halogens is 2. The second kappa shape index (κ2) is 7.58. The van der Waals surface area contributed by atoms with Crippen molar-refractivity contribution in [1.82, 2.24) is 10.1 Å². The molecule has 2 aromatic carbocycles. The molecule has 4 aromatic rings. The third-order valence-corrected chi connectivity index (χ3v) is 7.07. The molecular formula is C19H13ClFN3O3S2. The molecule has 6 nitrogen and oxygen atoms in total. The average Bonchev–Trinajstić information content (AvgIpc) is 3.33. The van der Waals surface area contributed by atoms with E-state index in [1.54, 1.807) is 42.6 Å². The Bertz CT molecular complexity index is 1300. The topological polar surface area (TPSA) is 85.1 Å². The van der Waals surface area contributed by atoms with E-state index in [0.717, 1.165) is 11.3 Å². The number of nitrogens with one attached hydrogen (secondary N) is 1. The summed E-state index contributed by atoms with van der Waals surface area (Å²) in [5.41, 5.74) is 2.06. The predicted molar refractivity (Wildman–Crippen MR) is 110 cm³/mol. The number of thiophene rings is 1. The van der Waals surface area contributed by atoms with Gasteiger partial charge in [-0.05, 0) is 48.9 Å². The minimum Gasteiger partial charge on any atom is -0.334 e. The van der Waals surface area contributed by atoms with Gasteiger partial charge in [0.1, 0.15) is 10.0 Å². The van der Waals surface area contributed by atoms with Gasteiger partial charge in [-0.15, -0.1) is 11.3 Å². The summed E-state index contributed by atoms with van der Waals surface area (Å²) >= 11 is 6.93. The van der Waals surface area contributed by atoms with E-state index in [1.165, 1.54) is 18.2 Å². The molecule has 4 rings (SSSR count). The first kappa shape index (κ1) is 19.6. The highest BCUT2D eigenvalue weighted by Gasteiger charge is 2.21. The first-order valence-electron chi connectivity index (χ1n) is 8.29. The van der Waals surface area contributed by atoms with Crippen molar-refractivity contribution in [2.24, 2.45) is 0 Å². The Morgan fingerprint density at radius 3 is 2.72 bits per heavy atom. The molecule has 0 radical (unpaired) electrons. The van der Waals surface area contributed by atoms with Crippen LogP contribution in [-0.2, 0) is 10.0 Å². The van der Waals surface area contributed by atoms with Crippen LogP contribution in [0.3, 0.4) is 0 Å². The number of benzene rings is 2. The number of hydrogen-bond acceptors (Lipinski definition) is 6. The zero-order chi connectivity index (χ0) is 20.6. The molecule has 0 aliphatic carbocycles. The summed E-state index contributed by atoms with van der Waals surface area (Å²) < 4.78 is 46.6. The summed E-state index contributed by atoms with van der Waals surface area (Å²) in [6.45, 7) is 1.76. The van der Waals surface area contributed by atoms with Crippen molar-refractivity contribution in [2.45, 2.75) is 11.1 Å². The van der Waals surface area contributed by atoms with E-state index in [1.807, 2.05) is 0 Å². The normalized spacial score (nSPS) is 11.6. The monoisotopic (exact) mass is 449 g/mol. The first-order valence-corrected chi connectivity index (χ1v) is 11.0. The lowest BCUT2D eigenvalue weighted by atomic mass is 10.2. The molecule has 148 valence electrons. The van der Waals surface area contributed by atoms with Gasteiger partial charge in [-0.2, -0.15) is 4.98 Å². The number of aryl methyl sites for hydroxylation is 1. The molecule has 0 unspecified atom stereocenters. The zero-order valence-electron chi connectivity index (χ0n) is 14.9. The van der Waals surface area contributed by atoms with Crippen molar-refractivity contribution >= 4 is 38.6 Å². The predicted octanol–water partition coefficient (Wildman–Crippen LogP) is 5.37. The van der Waals surface area contributed by atoms with Gasteiger partial charge in [-0.25, -0.2) is 12.8 Å². The number of sulfonamides is 1. The maximum Gasteiger partial charge on any atom is 0.271 e. The Labute approximate surface area is 175 Å². The fraction of sp³-hybridized carbons (Fsp3) is 0.0526. The zero-order valence-corrected chi connectivity index (χ0v) is 17.3. The van der Waals surface area contributed by atoms with Crippen molar-refractivity contribution in [3.63, 3.8) is 0 Å². The minimum absolute atomic E-state index is 0.0901. The van der Waals surface area contributed by atoms with Crippen LogP contribution >= 0.6 is 22.9 Å². The van der Waals surface area contributed by atoms with Crippen LogP contribution in [-0.4, -0.2) is 18.6 Å². The summed E-state index contributed by atoms with van der Waals surface area (Å²) in [4.78, 5) is 4.23. The van der Waals surface area contributed by atoms with E-state index in [2.05, 4.69) is 14.9 Å². The van der Waals surface area contributed by atoms with Crippen LogP contribution in [0.1, 0.15) is 5.56 Å². The molecule has 0 bridgehead atoms. The van der Waals surface area contributed by atoms with Crippen molar-refractivity contribution in [3.05, 3.63) is 70.3 Å². The number of nitrogens with zero attached hydrogens (tertiary/aromatic N) is 2. The van der Waals surface area contributed by atoms with Crippen molar-refractivity contribution < 1.29 is 17.3 Å². The summed E-state index contributed by atoms with van der Waals surface area (Å²) in [6.07, 6.45) is 0. The second-order valence-corrected chi connectivity index (χ2v) is 9.41. The molecule has 2 aromatic heterocycles. The van der Waals surface area contributed by atoms with Crippen LogP contribution in [0.15, 0.2) is 62.6 Å². The lowest BCUT2D eigenvalue weighted by Gasteiger charge is -2.09. The van der Waals surface area contributed by atoms with E-state index < -0.39 is 15.8 Å². The molecule has 2 heterocycles. The van der Waals surface area contributed by atoms with Gasteiger partial charge in [0.25, 0.3) is 15.9 Å². The Balaban J connectivity index is 1.59. The molecule has 0 saturated heterocycles. The average molecular weight is 450 g/mol. The summed E-state index contributed by atoms with van der Waals surface area (Å²) in [5, 5.41) is 5.96. The third-order valence-electron chi connectivity index (χ3n) is 4.03. The van der Waals surface area contributed by atoms with Gasteiger partial charge in [-0.3, -0.25) is 4.72 Å². The molecule has 1 N–H and O–H groups in total. The van der Waals surface area contributed by atoms with Crippen molar-refractivity contribution in [2.75, 3.05) is 4.72 Å². The Kier molecular flexibility index (Phi) is 5.12. The maximum atomic E-state index is 13.4. The summed E-state index contributed by atoms with van der Waals surface area (Å²) in [5.74, 6) is -0.0593. The van der Waals surface area contributed by atoms with Crippen LogP contribution in [0.25, 0.3) is 22.8 Å². The molecular weight excluding hydrogens is 437 g/mol. The summed E-state index contributed by atoms with van der Waals surface area (Å²) in [7, 11) is -3.80. The van der Waals surface area contributed by atoms with E-state index in [0.29, 0.717) is 27.4 Å². The highest BCUT2D eigenvalue weighted by molar-refractivity contribution is 7.94. The van der Waals surface area contributed by atoms with Crippen LogP contribution in [0, 0.1) is 12.7 Å². The van der Waals surface area contributed by atoms with Gasteiger partial charge in [0.2, 0.25) is 5.82 Å². The Hall–Kier alpha value is -2.75. The van der Waals surface area contributed by atoms with Gasteiger partial charge < -0.3 is 4.52 Å². The number of rotatable bonds is 5. The van der Waals surface area contributed by atoms with Crippen LogP contribution in [0.5, 0.6) is 0 Å². The van der Waals surface area contributed by atoms with Crippen molar-refractivity contribution in [1.29, 1.82) is 0 Å². The quantitative estimate of drug-likeness (QED) is 0.443. The molecule has 0 aliphatic rings. The largest absolute Gasteiger partial charge is 0.334 e. The molecule has 0 fully saturated rings. The van der Waals surface area contributed by atoms with E-state index in [4.69, 9.17) is 16.1 Å². The third kappa shape index (κ3) is 4.16. The smallest absolute Gasteiger partial charge is 0.271 e. The molecule has 0 spiro atoms. The molecule has 29 heavy (non-hydrogen) atoms. The van der Waals surface area contributed by atoms with E-state index >= 15 is 0 Å². The lowest BCUT2D eigenvalue weighted by Crippen LogP contribution is -2.12. The molecule has 0 atom stereocenters. The maximum absolute atomic E-state index is 13.4. The van der Waals surface area contributed by atoms with Crippen LogP contribution in [0.4, 0.5) is 10.1 Å². The van der Waals surface area contributed by atoms with Gasteiger partial charge in [0, 0.05) is 16.0 Å². The standard InChI is InChI=1S/C19H13ClFN3O3S2/c1-11-7-14(20)5-6-16(11)24-29(25,26)17-9-13(10-28-17)19-22-18(23-27-19)12-3-2-4-15(21)8-12/h2-10,24H,1H3. The van der Waals surface area contributed by atoms with Crippen LogP contribution < -0.4 is 4.72 Å². The Morgan fingerprint density at radius 1 is 1.14 bits per heavy atom. The van der Waals surface area contributed by atoms with Crippen molar-refractivity contribution in [3.8, 4) is 22.8 Å². The number of aromatic nitrogens is 2.